The summed E-state index contributed by atoms with van der Waals surface area (Å²) in [5.41, 5.74) is 1.19. The van der Waals surface area contributed by atoms with E-state index in [9.17, 15) is 18.4 Å². The van der Waals surface area contributed by atoms with Gasteiger partial charge >= 0.3 is 0 Å². The van der Waals surface area contributed by atoms with Crippen molar-refractivity contribution >= 4 is 23.2 Å². The van der Waals surface area contributed by atoms with Crippen LogP contribution < -0.4 is 0 Å². The molecule has 160 valence electrons. The number of likely N-dealkylation sites (tertiary alicyclic amines) is 1. The van der Waals surface area contributed by atoms with Crippen LogP contribution in [-0.2, 0) is 11.3 Å². The third-order valence-electron chi connectivity index (χ3n) is 5.96. The number of halogens is 2. The van der Waals surface area contributed by atoms with Crippen LogP contribution >= 0.6 is 11.3 Å². The smallest absolute Gasteiger partial charge is 0.256 e. The molecule has 2 aliphatic heterocycles. The lowest BCUT2D eigenvalue weighted by Crippen LogP contribution is -2.51. The van der Waals surface area contributed by atoms with Crippen molar-refractivity contribution in [3.63, 3.8) is 0 Å². The molecule has 1 aromatic heterocycles. The summed E-state index contributed by atoms with van der Waals surface area (Å²) in [4.78, 5) is 31.3. The second-order valence-corrected chi connectivity index (χ2v) is 8.70. The van der Waals surface area contributed by atoms with Crippen molar-refractivity contribution in [1.29, 1.82) is 0 Å². The van der Waals surface area contributed by atoms with Crippen LogP contribution in [-0.4, -0.2) is 65.8 Å². The van der Waals surface area contributed by atoms with Crippen molar-refractivity contribution in [3.05, 3.63) is 57.8 Å². The number of thiophene rings is 1. The molecule has 1 aromatic carbocycles. The quantitative estimate of drug-likeness (QED) is 0.744. The van der Waals surface area contributed by atoms with Crippen LogP contribution in [0.4, 0.5) is 8.78 Å². The van der Waals surface area contributed by atoms with Gasteiger partial charge in [-0.15, -0.1) is 0 Å². The summed E-state index contributed by atoms with van der Waals surface area (Å²) in [6, 6.07) is 5.13. The van der Waals surface area contributed by atoms with Crippen LogP contribution in [0.3, 0.4) is 0 Å². The predicted molar refractivity (Wildman–Crippen MR) is 111 cm³/mol. The molecule has 0 radical (unpaired) electrons. The first-order valence-electron chi connectivity index (χ1n) is 10.3. The second kappa shape index (κ2) is 9.22. The SMILES string of the molecule is O=C(c1ccc(F)cc1F)N1CCC(C(=O)N2CCN(Cc3ccsc3)CC2)CC1. The number of hydrogen-bond acceptors (Lipinski definition) is 4. The highest BCUT2D eigenvalue weighted by atomic mass is 32.1. The van der Waals surface area contributed by atoms with Crippen molar-refractivity contribution in [2.75, 3.05) is 39.3 Å². The minimum Gasteiger partial charge on any atom is -0.340 e. The largest absolute Gasteiger partial charge is 0.340 e. The van der Waals surface area contributed by atoms with Gasteiger partial charge < -0.3 is 9.80 Å². The number of hydrogen-bond donors (Lipinski definition) is 0. The van der Waals surface area contributed by atoms with E-state index in [1.165, 1.54) is 11.6 Å². The van der Waals surface area contributed by atoms with E-state index < -0.39 is 17.5 Å². The lowest BCUT2D eigenvalue weighted by molar-refractivity contribution is -0.138. The van der Waals surface area contributed by atoms with E-state index in [-0.39, 0.29) is 17.4 Å². The van der Waals surface area contributed by atoms with E-state index in [0.717, 1.165) is 44.9 Å². The van der Waals surface area contributed by atoms with Crippen LogP contribution in [0.25, 0.3) is 0 Å². The van der Waals surface area contributed by atoms with Crippen molar-refractivity contribution in [2.45, 2.75) is 19.4 Å². The predicted octanol–water partition coefficient (Wildman–Crippen LogP) is 3.22. The average molecular weight is 434 g/mol. The molecule has 0 unspecified atom stereocenters. The third kappa shape index (κ3) is 4.70. The number of carbonyl (C=O) groups excluding carboxylic acids is 2. The van der Waals surface area contributed by atoms with Gasteiger partial charge in [0, 0.05) is 57.8 Å². The van der Waals surface area contributed by atoms with E-state index >= 15 is 0 Å². The molecule has 0 N–H and O–H groups in total. The van der Waals surface area contributed by atoms with Crippen molar-refractivity contribution in [1.82, 2.24) is 14.7 Å². The minimum absolute atomic E-state index is 0.101. The summed E-state index contributed by atoms with van der Waals surface area (Å²) in [5, 5.41) is 4.24. The highest BCUT2D eigenvalue weighted by Gasteiger charge is 2.32. The van der Waals surface area contributed by atoms with E-state index in [2.05, 4.69) is 21.7 Å². The Morgan fingerprint density at radius 1 is 0.967 bits per heavy atom. The van der Waals surface area contributed by atoms with E-state index in [4.69, 9.17) is 0 Å². The maximum atomic E-state index is 13.9. The summed E-state index contributed by atoms with van der Waals surface area (Å²) in [7, 11) is 0. The summed E-state index contributed by atoms with van der Waals surface area (Å²) < 4.78 is 27.0. The van der Waals surface area contributed by atoms with Gasteiger partial charge in [0.1, 0.15) is 11.6 Å². The van der Waals surface area contributed by atoms with Crippen molar-refractivity contribution in [2.24, 2.45) is 5.92 Å². The molecule has 0 atom stereocenters. The van der Waals surface area contributed by atoms with E-state index in [0.29, 0.717) is 25.9 Å². The average Bonchev–Trinajstić information content (AvgIpc) is 3.26. The monoisotopic (exact) mass is 433 g/mol. The number of amides is 2. The molecular weight excluding hydrogens is 408 g/mol. The molecule has 2 amide bonds. The fourth-order valence-electron chi connectivity index (χ4n) is 4.19. The zero-order valence-corrected chi connectivity index (χ0v) is 17.5. The number of benzene rings is 1. The van der Waals surface area contributed by atoms with Crippen LogP contribution in [0.1, 0.15) is 28.8 Å². The molecule has 2 saturated heterocycles. The first kappa shape index (κ1) is 20.9. The number of carbonyl (C=O) groups is 2. The molecule has 2 fully saturated rings. The molecule has 0 aliphatic carbocycles. The first-order valence-corrected chi connectivity index (χ1v) is 11.2. The van der Waals surface area contributed by atoms with Gasteiger partial charge in [-0.2, -0.15) is 11.3 Å². The summed E-state index contributed by atoms with van der Waals surface area (Å²) in [5.74, 6) is -1.94. The lowest BCUT2D eigenvalue weighted by atomic mass is 9.94. The molecule has 0 spiro atoms. The summed E-state index contributed by atoms with van der Waals surface area (Å²) in [6.07, 6.45) is 1.14. The number of rotatable bonds is 4. The van der Waals surface area contributed by atoms with Gasteiger partial charge in [-0.1, -0.05) is 0 Å². The van der Waals surface area contributed by atoms with Crippen LogP contribution in [0, 0.1) is 17.6 Å². The maximum absolute atomic E-state index is 13.9. The Hall–Kier alpha value is -2.32. The molecule has 0 bridgehead atoms. The summed E-state index contributed by atoms with van der Waals surface area (Å²) >= 11 is 1.70. The van der Waals surface area contributed by atoms with Gasteiger partial charge in [0.2, 0.25) is 5.91 Å². The highest BCUT2D eigenvalue weighted by molar-refractivity contribution is 7.07. The minimum atomic E-state index is -0.849. The van der Waals surface area contributed by atoms with Crippen LogP contribution in [0.5, 0.6) is 0 Å². The van der Waals surface area contributed by atoms with E-state index in [1.807, 2.05) is 4.90 Å². The number of piperidine rings is 1. The number of nitrogens with zero attached hydrogens (tertiary/aromatic N) is 3. The maximum Gasteiger partial charge on any atom is 0.256 e. The van der Waals surface area contributed by atoms with Crippen LogP contribution in [0.15, 0.2) is 35.0 Å². The van der Waals surface area contributed by atoms with Gasteiger partial charge in [0.05, 0.1) is 5.56 Å². The molecule has 2 aromatic rings. The molecule has 2 aliphatic rings. The fraction of sp³-hybridized carbons (Fsp3) is 0.455. The van der Waals surface area contributed by atoms with Gasteiger partial charge in [0.25, 0.3) is 5.91 Å². The van der Waals surface area contributed by atoms with Gasteiger partial charge in [0.15, 0.2) is 0 Å². The van der Waals surface area contributed by atoms with Crippen LogP contribution in [0.2, 0.25) is 0 Å². The van der Waals surface area contributed by atoms with E-state index in [1.54, 1.807) is 16.2 Å². The normalized spacial score (nSPS) is 18.6. The molecule has 3 heterocycles. The standard InChI is InChI=1S/C22H25F2N3O2S/c23-18-1-2-19(20(24)13-18)22(29)26-6-3-17(4-7-26)21(28)27-10-8-25(9-11-27)14-16-5-12-30-15-16/h1-2,5,12-13,15,17H,3-4,6-11,14H2. The van der Waals surface area contributed by atoms with Gasteiger partial charge in [-0.05, 0) is 47.4 Å². The Morgan fingerprint density at radius 3 is 2.33 bits per heavy atom. The molecule has 4 rings (SSSR count). The highest BCUT2D eigenvalue weighted by Crippen LogP contribution is 2.23. The fourth-order valence-corrected chi connectivity index (χ4v) is 4.85. The molecule has 0 saturated carbocycles. The number of piperazine rings is 1. The Bertz CT molecular complexity index is 890. The third-order valence-corrected chi connectivity index (χ3v) is 6.70. The Morgan fingerprint density at radius 2 is 1.70 bits per heavy atom. The molecule has 8 heteroatoms. The Kier molecular flexibility index (Phi) is 6.43. The molecule has 30 heavy (non-hydrogen) atoms. The molecule has 5 nitrogen and oxygen atoms in total. The van der Waals surface area contributed by atoms with Gasteiger partial charge in [-0.3, -0.25) is 14.5 Å². The van der Waals surface area contributed by atoms with Gasteiger partial charge in [-0.25, -0.2) is 8.78 Å². The molecular formula is C22H25F2N3O2S. The Labute approximate surface area is 178 Å². The Balaban J connectivity index is 1.26. The summed E-state index contributed by atoms with van der Waals surface area (Å²) in [6.45, 7) is 4.91. The van der Waals surface area contributed by atoms with Crippen molar-refractivity contribution in [3.8, 4) is 0 Å². The van der Waals surface area contributed by atoms with Crippen molar-refractivity contribution < 1.29 is 18.4 Å². The first-order chi connectivity index (χ1) is 14.5. The zero-order valence-electron chi connectivity index (χ0n) is 16.7. The zero-order chi connectivity index (χ0) is 21.1. The topological polar surface area (TPSA) is 43.9 Å². The lowest BCUT2D eigenvalue weighted by Gasteiger charge is -2.38. The second-order valence-electron chi connectivity index (χ2n) is 7.92.